The van der Waals surface area contributed by atoms with E-state index in [9.17, 15) is 0 Å². The second-order valence-electron chi connectivity index (χ2n) is 6.10. The summed E-state index contributed by atoms with van der Waals surface area (Å²) in [6, 6.07) is 0.519. The predicted molar refractivity (Wildman–Crippen MR) is 101 cm³/mol. The Balaban J connectivity index is 2.42. The average Bonchev–Trinajstić information content (AvgIpc) is 2.94. The molecule has 0 saturated heterocycles. The van der Waals surface area contributed by atoms with Gasteiger partial charge >= 0.3 is 0 Å². The van der Waals surface area contributed by atoms with Crippen molar-refractivity contribution in [3.63, 3.8) is 0 Å². The minimum Gasteiger partial charge on any atom is -0.356 e. The first-order valence-corrected chi connectivity index (χ1v) is 9.35. The van der Waals surface area contributed by atoms with Gasteiger partial charge in [0.2, 0.25) is 0 Å². The maximum absolute atomic E-state index is 4.39. The molecule has 0 amide bonds. The van der Waals surface area contributed by atoms with Crippen molar-refractivity contribution in [2.45, 2.75) is 46.1 Å². The molecule has 0 aromatic carbocycles. The van der Waals surface area contributed by atoms with Crippen molar-refractivity contribution in [3.8, 4) is 0 Å². The summed E-state index contributed by atoms with van der Waals surface area (Å²) in [6.07, 6.45) is 5.28. The van der Waals surface area contributed by atoms with E-state index in [2.05, 4.69) is 60.4 Å². The highest BCUT2D eigenvalue weighted by Crippen LogP contribution is 2.16. The summed E-state index contributed by atoms with van der Waals surface area (Å²) in [7, 11) is 6.14. The number of aryl methyl sites for hydroxylation is 1. The normalized spacial score (nSPS) is 13.7. The smallest absolute Gasteiger partial charge is 0.191 e. The second kappa shape index (κ2) is 10.6. The monoisotopic (exact) mass is 339 g/mol. The number of likely N-dealkylation sites (N-methyl/N-ethyl adjacent to an activating group) is 1. The van der Waals surface area contributed by atoms with Crippen LogP contribution in [0, 0.1) is 12.8 Å². The van der Waals surface area contributed by atoms with Crippen LogP contribution in [0.4, 0.5) is 0 Å². The first-order chi connectivity index (χ1) is 11.0. The zero-order valence-corrected chi connectivity index (χ0v) is 16.3. The van der Waals surface area contributed by atoms with E-state index >= 15 is 0 Å². The summed E-state index contributed by atoms with van der Waals surface area (Å²) in [4.78, 5) is 12.3. The number of hydrogen-bond acceptors (Lipinski definition) is 4. The van der Waals surface area contributed by atoms with E-state index in [-0.39, 0.29) is 0 Å². The van der Waals surface area contributed by atoms with Crippen molar-refractivity contribution < 1.29 is 0 Å². The molecule has 1 atom stereocenters. The summed E-state index contributed by atoms with van der Waals surface area (Å²) in [5.74, 6) is 1.57. The largest absolute Gasteiger partial charge is 0.356 e. The van der Waals surface area contributed by atoms with Crippen molar-refractivity contribution in [2.75, 3.05) is 34.2 Å². The average molecular weight is 340 g/mol. The third-order valence-corrected chi connectivity index (χ3v) is 5.23. The summed E-state index contributed by atoms with van der Waals surface area (Å²) in [5, 5.41) is 8.03. The Hall–Kier alpha value is -1.14. The molecule has 0 fully saturated rings. The lowest BCUT2D eigenvalue weighted by atomic mass is 9.93. The number of aliphatic imine (C=N–C) groups is 1. The molecular weight excluding hydrogens is 306 g/mol. The van der Waals surface area contributed by atoms with Crippen molar-refractivity contribution in [1.29, 1.82) is 0 Å². The molecule has 0 spiro atoms. The number of nitrogens with zero attached hydrogens (tertiary/aromatic N) is 3. The van der Waals surface area contributed by atoms with Crippen molar-refractivity contribution in [2.24, 2.45) is 10.9 Å². The lowest BCUT2D eigenvalue weighted by Crippen LogP contribution is -2.48. The standard InChI is InChI=1S/C17H33N5S/c1-7-14(8-2)15(22(5)6)12-21-17(18-4)19-10-9-16-20-11-13(3)23-16/h11,14-15H,7-10,12H2,1-6H3,(H2,18,19,21). The van der Waals surface area contributed by atoms with Gasteiger partial charge in [0.05, 0.1) is 5.01 Å². The summed E-state index contributed by atoms with van der Waals surface area (Å²) < 4.78 is 0. The Morgan fingerprint density at radius 2 is 2.00 bits per heavy atom. The van der Waals surface area contributed by atoms with Gasteiger partial charge in [-0.3, -0.25) is 4.99 Å². The minimum atomic E-state index is 0.519. The Labute approximate surface area is 145 Å². The van der Waals surface area contributed by atoms with E-state index in [1.54, 1.807) is 11.3 Å². The van der Waals surface area contributed by atoms with Gasteiger partial charge in [-0.25, -0.2) is 4.98 Å². The van der Waals surface area contributed by atoms with Crippen LogP contribution in [0.3, 0.4) is 0 Å². The van der Waals surface area contributed by atoms with Crippen molar-refractivity contribution in [3.05, 3.63) is 16.1 Å². The van der Waals surface area contributed by atoms with Crippen LogP contribution in [0.25, 0.3) is 0 Å². The summed E-state index contributed by atoms with van der Waals surface area (Å²) in [5.41, 5.74) is 0. The molecule has 0 radical (unpaired) electrons. The molecule has 0 aliphatic heterocycles. The Morgan fingerprint density at radius 3 is 2.48 bits per heavy atom. The maximum Gasteiger partial charge on any atom is 0.191 e. The molecule has 6 heteroatoms. The van der Waals surface area contributed by atoms with Gasteiger partial charge in [-0.05, 0) is 26.9 Å². The molecule has 0 aliphatic carbocycles. The first kappa shape index (κ1) is 19.9. The van der Waals surface area contributed by atoms with E-state index < -0.39 is 0 Å². The molecule has 0 saturated carbocycles. The quantitative estimate of drug-likeness (QED) is 0.536. The first-order valence-electron chi connectivity index (χ1n) is 8.54. The van der Waals surface area contributed by atoms with E-state index in [0.29, 0.717) is 12.0 Å². The Kier molecular flexibility index (Phi) is 9.17. The molecule has 132 valence electrons. The van der Waals surface area contributed by atoms with Crippen molar-refractivity contribution in [1.82, 2.24) is 20.5 Å². The molecule has 1 heterocycles. The number of thiazole rings is 1. The fourth-order valence-corrected chi connectivity index (χ4v) is 3.62. The van der Waals surface area contributed by atoms with Gasteiger partial charge in [0.1, 0.15) is 0 Å². The van der Waals surface area contributed by atoms with E-state index in [1.807, 2.05) is 13.2 Å². The zero-order valence-electron chi connectivity index (χ0n) is 15.5. The minimum absolute atomic E-state index is 0.519. The van der Waals surface area contributed by atoms with E-state index in [1.165, 1.54) is 22.7 Å². The molecule has 5 nitrogen and oxygen atoms in total. The van der Waals surface area contributed by atoms with Crippen LogP contribution in [0.1, 0.15) is 36.6 Å². The molecular formula is C17H33N5S. The maximum atomic E-state index is 4.39. The highest BCUT2D eigenvalue weighted by molar-refractivity contribution is 7.11. The Morgan fingerprint density at radius 1 is 1.30 bits per heavy atom. The zero-order chi connectivity index (χ0) is 17.2. The third-order valence-electron chi connectivity index (χ3n) is 4.26. The number of hydrogen-bond donors (Lipinski definition) is 2. The highest BCUT2D eigenvalue weighted by Gasteiger charge is 2.20. The molecule has 1 unspecified atom stereocenters. The molecule has 0 aliphatic rings. The fraction of sp³-hybridized carbons (Fsp3) is 0.765. The molecule has 1 rings (SSSR count). The van der Waals surface area contributed by atoms with Gasteiger partial charge in [0.15, 0.2) is 5.96 Å². The van der Waals surface area contributed by atoms with Crippen LogP contribution < -0.4 is 10.6 Å². The van der Waals surface area contributed by atoms with Gasteiger partial charge in [0.25, 0.3) is 0 Å². The lowest BCUT2D eigenvalue weighted by Gasteiger charge is -2.32. The van der Waals surface area contributed by atoms with Crippen LogP contribution in [0.5, 0.6) is 0 Å². The topological polar surface area (TPSA) is 52.6 Å². The molecule has 0 bridgehead atoms. The SMILES string of the molecule is CCC(CC)C(CNC(=NC)NCCc1ncc(C)s1)N(C)C. The van der Waals surface area contributed by atoms with Gasteiger partial charge in [0, 0.05) is 43.7 Å². The molecule has 1 aromatic heterocycles. The van der Waals surface area contributed by atoms with Crippen LogP contribution in [-0.2, 0) is 6.42 Å². The number of nitrogens with one attached hydrogen (secondary N) is 2. The van der Waals surface area contributed by atoms with Gasteiger partial charge in [-0.1, -0.05) is 26.7 Å². The Bertz CT molecular complexity index is 465. The number of rotatable bonds is 9. The summed E-state index contributed by atoms with van der Waals surface area (Å²) in [6.45, 7) is 8.40. The second-order valence-corrected chi connectivity index (χ2v) is 7.42. The van der Waals surface area contributed by atoms with Gasteiger partial charge in [-0.15, -0.1) is 11.3 Å². The van der Waals surface area contributed by atoms with Crippen LogP contribution in [0.15, 0.2) is 11.2 Å². The van der Waals surface area contributed by atoms with Crippen LogP contribution in [0.2, 0.25) is 0 Å². The highest BCUT2D eigenvalue weighted by atomic mass is 32.1. The number of aromatic nitrogens is 1. The lowest BCUT2D eigenvalue weighted by molar-refractivity contribution is 0.200. The third kappa shape index (κ3) is 6.87. The molecule has 1 aromatic rings. The van der Waals surface area contributed by atoms with Gasteiger partial charge in [-0.2, -0.15) is 0 Å². The van der Waals surface area contributed by atoms with Crippen LogP contribution >= 0.6 is 11.3 Å². The van der Waals surface area contributed by atoms with E-state index in [4.69, 9.17) is 0 Å². The van der Waals surface area contributed by atoms with Gasteiger partial charge < -0.3 is 15.5 Å². The fourth-order valence-electron chi connectivity index (χ4n) is 2.83. The number of guanidine groups is 1. The molecule has 23 heavy (non-hydrogen) atoms. The van der Waals surface area contributed by atoms with Crippen molar-refractivity contribution >= 4 is 17.3 Å². The summed E-state index contributed by atoms with van der Waals surface area (Å²) >= 11 is 1.76. The van der Waals surface area contributed by atoms with E-state index in [0.717, 1.165) is 25.5 Å². The molecule has 2 N–H and O–H groups in total. The predicted octanol–water partition coefficient (Wildman–Crippen LogP) is 2.53. The van der Waals surface area contributed by atoms with Crippen LogP contribution in [-0.4, -0.2) is 56.1 Å².